The van der Waals surface area contributed by atoms with Gasteiger partial charge in [-0.15, -0.1) is 0 Å². The Morgan fingerprint density at radius 3 is 2.14 bits per heavy atom. The number of amides is 1. The molecule has 22 heavy (non-hydrogen) atoms. The summed E-state index contributed by atoms with van der Waals surface area (Å²) in [4.78, 5) is 22.9. The van der Waals surface area contributed by atoms with Gasteiger partial charge in [0.2, 0.25) is 11.9 Å². The van der Waals surface area contributed by atoms with E-state index < -0.39 is 6.04 Å². The number of carbonyl (C=O) groups excluding carboxylic acids is 1. The van der Waals surface area contributed by atoms with Crippen LogP contribution in [0.15, 0.2) is 0 Å². The maximum atomic E-state index is 12.4. The number of nitrogens with zero attached hydrogens (tertiary/aromatic N) is 1. The Hall–Kier alpha value is -1.13. The van der Waals surface area contributed by atoms with Crippen molar-refractivity contribution < 1.29 is 9.72 Å². The SMILES string of the molecule is CC[C@H](NC(=O)[C@@H]1C[C@H]1[N+](=O)[O-])C12CC3CC(CC(C3)C1)C2. The van der Waals surface area contributed by atoms with Crippen molar-refractivity contribution in [2.75, 3.05) is 0 Å². The fourth-order valence-electron chi connectivity index (χ4n) is 6.27. The molecule has 0 aromatic carbocycles. The van der Waals surface area contributed by atoms with Crippen LogP contribution in [0.3, 0.4) is 0 Å². The first-order valence-corrected chi connectivity index (χ1v) is 8.94. The molecule has 1 N–H and O–H groups in total. The molecule has 4 bridgehead atoms. The van der Waals surface area contributed by atoms with E-state index in [4.69, 9.17) is 0 Å². The number of hydrogen-bond acceptors (Lipinski definition) is 3. The summed E-state index contributed by atoms with van der Waals surface area (Å²) in [5.41, 5.74) is 0.290. The Bertz CT molecular complexity index is 469. The number of nitro groups is 1. The lowest BCUT2D eigenvalue weighted by atomic mass is 9.47. The lowest BCUT2D eigenvalue weighted by Crippen LogP contribution is -2.57. The van der Waals surface area contributed by atoms with Crippen LogP contribution in [0.1, 0.15) is 58.3 Å². The smallest absolute Gasteiger partial charge is 0.230 e. The molecular formula is C17H26N2O3. The Balaban J connectivity index is 1.46. The van der Waals surface area contributed by atoms with Gasteiger partial charge in [0.05, 0.1) is 0 Å². The summed E-state index contributed by atoms with van der Waals surface area (Å²) in [5.74, 6) is 2.15. The lowest BCUT2D eigenvalue weighted by molar-refractivity contribution is -0.497. The van der Waals surface area contributed by atoms with Gasteiger partial charge in [-0.05, 0) is 68.1 Å². The van der Waals surface area contributed by atoms with Crippen LogP contribution in [0.5, 0.6) is 0 Å². The Morgan fingerprint density at radius 2 is 1.73 bits per heavy atom. The molecule has 5 nitrogen and oxygen atoms in total. The largest absolute Gasteiger partial charge is 0.352 e. The maximum absolute atomic E-state index is 12.4. The second kappa shape index (κ2) is 4.93. The minimum atomic E-state index is -0.631. The Labute approximate surface area is 131 Å². The van der Waals surface area contributed by atoms with Gasteiger partial charge < -0.3 is 5.32 Å². The normalized spacial score (nSPS) is 46.3. The molecule has 122 valence electrons. The fourth-order valence-corrected chi connectivity index (χ4v) is 6.27. The van der Waals surface area contributed by atoms with Crippen molar-refractivity contribution in [2.24, 2.45) is 29.1 Å². The van der Waals surface area contributed by atoms with Gasteiger partial charge in [-0.3, -0.25) is 14.9 Å². The summed E-state index contributed by atoms with van der Waals surface area (Å²) < 4.78 is 0. The molecule has 5 fully saturated rings. The summed E-state index contributed by atoms with van der Waals surface area (Å²) in [6.07, 6.45) is 9.37. The van der Waals surface area contributed by atoms with E-state index >= 15 is 0 Å². The van der Waals surface area contributed by atoms with Gasteiger partial charge in [-0.25, -0.2) is 0 Å². The van der Waals surface area contributed by atoms with Gasteiger partial charge in [0.15, 0.2) is 0 Å². The molecule has 5 aliphatic carbocycles. The second-order valence-electron chi connectivity index (χ2n) is 8.44. The van der Waals surface area contributed by atoms with Crippen molar-refractivity contribution in [3.8, 4) is 0 Å². The van der Waals surface area contributed by atoms with Crippen LogP contribution in [0.25, 0.3) is 0 Å². The number of nitrogens with one attached hydrogen (secondary N) is 1. The third-order valence-electron chi connectivity index (χ3n) is 6.91. The molecule has 0 aliphatic heterocycles. The zero-order chi connectivity index (χ0) is 15.5. The first-order chi connectivity index (χ1) is 10.5. The molecular weight excluding hydrogens is 280 g/mol. The maximum Gasteiger partial charge on any atom is 0.230 e. The minimum Gasteiger partial charge on any atom is -0.352 e. The highest BCUT2D eigenvalue weighted by Gasteiger charge is 2.57. The molecule has 3 atom stereocenters. The molecule has 0 heterocycles. The highest BCUT2D eigenvalue weighted by molar-refractivity contribution is 5.82. The predicted octanol–water partition coefficient (Wildman–Crippen LogP) is 2.76. The zero-order valence-corrected chi connectivity index (χ0v) is 13.3. The number of rotatable bonds is 5. The van der Waals surface area contributed by atoms with E-state index in [1.54, 1.807) is 0 Å². The molecule has 5 rings (SSSR count). The van der Waals surface area contributed by atoms with E-state index in [9.17, 15) is 14.9 Å². The standard InChI is InChI=1S/C17H26N2O3/c1-2-15(18-16(20)13-6-14(13)19(21)22)17-7-10-3-11(8-17)5-12(4-10)9-17/h10-15H,2-9H2,1H3,(H,18,20)/t10?,11?,12?,13-,14-,15+,17?/m1/s1. The van der Waals surface area contributed by atoms with E-state index in [0.717, 1.165) is 24.2 Å². The van der Waals surface area contributed by atoms with E-state index in [2.05, 4.69) is 12.2 Å². The average molecular weight is 306 g/mol. The summed E-state index contributed by atoms with van der Waals surface area (Å²) in [5, 5.41) is 14.0. The highest BCUT2D eigenvalue weighted by atomic mass is 16.6. The second-order valence-corrected chi connectivity index (χ2v) is 8.44. The van der Waals surface area contributed by atoms with Crippen LogP contribution in [0, 0.1) is 39.2 Å². The predicted molar refractivity (Wildman–Crippen MR) is 81.7 cm³/mol. The topological polar surface area (TPSA) is 72.2 Å². The quantitative estimate of drug-likeness (QED) is 0.627. The Kier molecular flexibility index (Phi) is 3.24. The minimum absolute atomic E-state index is 0.0655. The van der Waals surface area contributed by atoms with Crippen LogP contribution in [0.4, 0.5) is 0 Å². The third kappa shape index (κ3) is 2.24. The molecule has 1 amide bonds. The molecule has 0 spiro atoms. The molecule has 0 saturated heterocycles. The molecule has 5 saturated carbocycles. The molecule has 0 unspecified atom stereocenters. The molecule has 0 aromatic rings. The summed E-state index contributed by atoms with van der Waals surface area (Å²) in [6, 6.07) is -0.407. The van der Waals surface area contributed by atoms with Crippen LogP contribution in [0.2, 0.25) is 0 Å². The summed E-state index contributed by atoms with van der Waals surface area (Å²) >= 11 is 0. The van der Waals surface area contributed by atoms with Crippen LogP contribution in [-0.4, -0.2) is 22.9 Å². The summed E-state index contributed by atoms with van der Waals surface area (Å²) in [7, 11) is 0. The van der Waals surface area contributed by atoms with Crippen LogP contribution < -0.4 is 5.32 Å². The van der Waals surface area contributed by atoms with Crippen molar-refractivity contribution in [2.45, 2.75) is 70.4 Å². The lowest BCUT2D eigenvalue weighted by Gasteiger charge is -2.59. The molecule has 5 heteroatoms. The van der Waals surface area contributed by atoms with E-state index in [0.29, 0.717) is 6.42 Å². The van der Waals surface area contributed by atoms with Crippen molar-refractivity contribution in [1.29, 1.82) is 0 Å². The van der Waals surface area contributed by atoms with Gasteiger partial charge in [0, 0.05) is 17.4 Å². The van der Waals surface area contributed by atoms with E-state index in [1.165, 1.54) is 38.5 Å². The fraction of sp³-hybridized carbons (Fsp3) is 0.941. The van der Waals surface area contributed by atoms with Crippen molar-refractivity contribution in [3.05, 3.63) is 10.1 Å². The van der Waals surface area contributed by atoms with E-state index in [1.807, 2.05) is 0 Å². The average Bonchev–Trinajstić information content (AvgIpc) is 3.23. The zero-order valence-electron chi connectivity index (χ0n) is 13.3. The highest BCUT2D eigenvalue weighted by Crippen LogP contribution is 2.61. The number of carbonyl (C=O) groups is 1. The van der Waals surface area contributed by atoms with Gasteiger partial charge in [-0.2, -0.15) is 0 Å². The van der Waals surface area contributed by atoms with Gasteiger partial charge in [0.1, 0.15) is 5.92 Å². The molecule has 0 aromatic heterocycles. The van der Waals surface area contributed by atoms with Gasteiger partial charge >= 0.3 is 0 Å². The third-order valence-corrected chi connectivity index (χ3v) is 6.91. The van der Waals surface area contributed by atoms with Crippen molar-refractivity contribution >= 4 is 5.91 Å². The van der Waals surface area contributed by atoms with Crippen molar-refractivity contribution in [3.63, 3.8) is 0 Å². The monoisotopic (exact) mass is 306 g/mol. The van der Waals surface area contributed by atoms with Gasteiger partial charge in [0.25, 0.3) is 0 Å². The number of hydrogen-bond donors (Lipinski definition) is 1. The van der Waals surface area contributed by atoms with E-state index in [-0.39, 0.29) is 28.2 Å². The van der Waals surface area contributed by atoms with Crippen LogP contribution >= 0.6 is 0 Å². The molecule has 5 aliphatic rings. The van der Waals surface area contributed by atoms with Gasteiger partial charge in [-0.1, -0.05) is 6.92 Å². The molecule has 0 radical (unpaired) electrons. The van der Waals surface area contributed by atoms with Crippen LogP contribution in [-0.2, 0) is 4.79 Å². The first kappa shape index (κ1) is 14.5. The summed E-state index contributed by atoms with van der Waals surface area (Å²) in [6.45, 7) is 2.15. The van der Waals surface area contributed by atoms with Crippen molar-refractivity contribution in [1.82, 2.24) is 5.32 Å². The first-order valence-electron chi connectivity index (χ1n) is 8.94. The Morgan fingerprint density at radius 1 is 1.18 bits per heavy atom.